The van der Waals surface area contributed by atoms with Gasteiger partial charge in [0, 0.05) is 12.0 Å². The second-order valence-corrected chi connectivity index (χ2v) is 6.05. The van der Waals surface area contributed by atoms with Gasteiger partial charge < -0.3 is 10.1 Å². The highest BCUT2D eigenvalue weighted by Crippen LogP contribution is 2.51. The first-order valence-corrected chi connectivity index (χ1v) is 6.99. The van der Waals surface area contributed by atoms with Crippen molar-refractivity contribution in [2.75, 3.05) is 5.32 Å². The lowest BCUT2D eigenvalue weighted by Gasteiger charge is -2.08. The van der Waals surface area contributed by atoms with Gasteiger partial charge in [-0.3, -0.25) is 9.78 Å². The Bertz CT molecular complexity index is 701. The van der Waals surface area contributed by atoms with Gasteiger partial charge in [0.25, 0.3) is 0 Å². The van der Waals surface area contributed by atoms with Crippen molar-refractivity contribution in [3.05, 3.63) is 42.6 Å². The maximum absolute atomic E-state index is 13.0. The van der Waals surface area contributed by atoms with Gasteiger partial charge in [-0.15, -0.1) is 0 Å². The quantitative estimate of drug-likeness (QED) is 0.940. The molecular formula is C16H16FN3O2. The monoisotopic (exact) mass is 301 g/mol. The Hall–Kier alpha value is -2.50. The SMILES string of the molecule is CC1(C)CC1C(=O)Nc1ccc(Oc2cncc(F)c2)cn1. The number of nitrogens with one attached hydrogen (secondary N) is 1. The van der Waals surface area contributed by atoms with Crippen LogP contribution in [0.2, 0.25) is 0 Å². The number of amides is 1. The summed E-state index contributed by atoms with van der Waals surface area (Å²) in [5, 5.41) is 2.78. The smallest absolute Gasteiger partial charge is 0.229 e. The number of pyridine rings is 2. The lowest BCUT2D eigenvalue weighted by atomic mass is 10.1. The van der Waals surface area contributed by atoms with E-state index in [4.69, 9.17) is 4.74 Å². The summed E-state index contributed by atoms with van der Waals surface area (Å²) >= 11 is 0. The van der Waals surface area contributed by atoms with Crippen molar-refractivity contribution in [1.29, 1.82) is 0 Å². The molecule has 22 heavy (non-hydrogen) atoms. The van der Waals surface area contributed by atoms with Crippen molar-refractivity contribution >= 4 is 11.7 Å². The fourth-order valence-corrected chi connectivity index (χ4v) is 2.23. The first kappa shape index (κ1) is 14.4. The molecule has 0 radical (unpaired) electrons. The molecule has 0 saturated heterocycles. The fourth-order valence-electron chi connectivity index (χ4n) is 2.23. The van der Waals surface area contributed by atoms with Gasteiger partial charge in [-0.05, 0) is 24.0 Å². The van der Waals surface area contributed by atoms with Crippen molar-refractivity contribution in [3.63, 3.8) is 0 Å². The van der Waals surface area contributed by atoms with Crippen LogP contribution in [0.5, 0.6) is 11.5 Å². The van der Waals surface area contributed by atoms with Crippen LogP contribution in [0, 0.1) is 17.2 Å². The molecule has 2 aromatic rings. The van der Waals surface area contributed by atoms with Gasteiger partial charge in [0.1, 0.15) is 23.1 Å². The molecule has 1 N–H and O–H groups in total. The normalized spacial score (nSPS) is 18.6. The number of carbonyl (C=O) groups excluding carboxylic acids is 1. The summed E-state index contributed by atoms with van der Waals surface area (Å²) in [7, 11) is 0. The van der Waals surface area contributed by atoms with E-state index in [9.17, 15) is 9.18 Å². The number of halogens is 1. The minimum atomic E-state index is -0.471. The Kier molecular flexibility index (Phi) is 3.52. The Balaban J connectivity index is 1.62. The van der Waals surface area contributed by atoms with E-state index in [-0.39, 0.29) is 17.2 Å². The average Bonchev–Trinajstić information content (AvgIpc) is 3.10. The molecule has 0 bridgehead atoms. The number of ether oxygens (including phenoxy) is 1. The standard InChI is InChI=1S/C16H16FN3O2/c1-16(2)6-13(16)15(21)20-14-4-3-11(9-19-14)22-12-5-10(17)7-18-8-12/h3-5,7-9,13H,6H2,1-2H3,(H,19,20,21). The molecule has 1 fully saturated rings. The summed E-state index contributed by atoms with van der Waals surface area (Å²) < 4.78 is 18.5. The van der Waals surface area contributed by atoms with E-state index in [0.29, 0.717) is 17.3 Å². The summed E-state index contributed by atoms with van der Waals surface area (Å²) in [6.07, 6.45) is 4.88. The van der Waals surface area contributed by atoms with Gasteiger partial charge >= 0.3 is 0 Å². The van der Waals surface area contributed by atoms with Gasteiger partial charge in [0.15, 0.2) is 0 Å². The molecule has 1 saturated carbocycles. The van der Waals surface area contributed by atoms with Gasteiger partial charge in [-0.25, -0.2) is 9.37 Å². The average molecular weight is 301 g/mol. The van der Waals surface area contributed by atoms with Crippen molar-refractivity contribution in [2.45, 2.75) is 20.3 Å². The molecule has 1 aliphatic carbocycles. The van der Waals surface area contributed by atoms with Crippen LogP contribution in [0.15, 0.2) is 36.8 Å². The second kappa shape index (κ2) is 5.36. The van der Waals surface area contributed by atoms with Crippen LogP contribution in [0.4, 0.5) is 10.2 Å². The van der Waals surface area contributed by atoms with Crippen LogP contribution < -0.4 is 10.1 Å². The fraction of sp³-hybridized carbons (Fsp3) is 0.312. The van der Waals surface area contributed by atoms with Crippen molar-refractivity contribution in [3.8, 4) is 11.5 Å². The molecule has 114 valence electrons. The summed E-state index contributed by atoms with van der Waals surface area (Å²) in [6.45, 7) is 4.13. The molecule has 3 rings (SSSR count). The zero-order chi connectivity index (χ0) is 15.7. The van der Waals surface area contributed by atoms with Gasteiger partial charge in [-0.1, -0.05) is 13.8 Å². The van der Waals surface area contributed by atoms with E-state index in [0.717, 1.165) is 12.6 Å². The molecule has 0 spiro atoms. The zero-order valence-corrected chi connectivity index (χ0v) is 12.3. The van der Waals surface area contributed by atoms with Crippen LogP contribution in [0.3, 0.4) is 0 Å². The third-order valence-corrected chi connectivity index (χ3v) is 3.73. The summed E-state index contributed by atoms with van der Waals surface area (Å²) in [4.78, 5) is 19.8. The molecule has 1 unspecified atom stereocenters. The highest BCUT2D eigenvalue weighted by atomic mass is 19.1. The summed E-state index contributed by atoms with van der Waals surface area (Å²) in [5.74, 6) is 0.762. The Morgan fingerprint density at radius 2 is 2.09 bits per heavy atom. The molecule has 1 aliphatic rings. The van der Waals surface area contributed by atoms with Crippen LogP contribution in [-0.2, 0) is 4.79 Å². The molecule has 6 heteroatoms. The number of hydrogen-bond donors (Lipinski definition) is 1. The van der Waals surface area contributed by atoms with Crippen LogP contribution in [-0.4, -0.2) is 15.9 Å². The van der Waals surface area contributed by atoms with E-state index in [1.54, 1.807) is 12.1 Å². The second-order valence-electron chi connectivity index (χ2n) is 6.05. The lowest BCUT2D eigenvalue weighted by Crippen LogP contribution is -2.17. The van der Waals surface area contributed by atoms with E-state index in [2.05, 4.69) is 29.1 Å². The Morgan fingerprint density at radius 1 is 1.32 bits per heavy atom. The third kappa shape index (κ3) is 3.21. The first-order chi connectivity index (χ1) is 10.4. The van der Waals surface area contributed by atoms with Gasteiger partial charge in [0.2, 0.25) is 5.91 Å². The number of anilines is 1. The molecular weight excluding hydrogens is 285 g/mol. The van der Waals surface area contributed by atoms with E-state index >= 15 is 0 Å². The van der Waals surface area contributed by atoms with Crippen molar-refractivity contribution in [2.24, 2.45) is 11.3 Å². The highest BCUT2D eigenvalue weighted by molar-refractivity contribution is 5.94. The number of nitrogens with zero attached hydrogens (tertiary/aromatic N) is 2. The molecule has 1 atom stereocenters. The number of hydrogen-bond acceptors (Lipinski definition) is 4. The minimum Gasteiger partial charge on any atom is -0.454 e. The van der Waals surface area contributed by atoms with E-state index < -0.39 is 5.82 Å². The number of aromatic nitrogens is 2. The van der Waals surface area contributed by atoms with Gasteiger partial charge in [-0.2, -0.15) is 0 Å². The first-order valence-electron chi connectivity index (χ1n) is 6.99. The van der Waals surface area contributed by atoms with E-state index in [1.165, 1.54) is 18.5 Å². The van der Waals surface area contributed by atoms with Crippen molar-refractivity contribution < 1.29 is 13.9 Å². The predicted molar refractivity (Wildman–Crippen MR) is 79.0 cm³/mol. The maximum atomic E-state index is 13.0. The van der Waals surface area contributed by atoms with Crippen molar-refractivity contribution in [1.82, 2.24) is 9.97 Å². The third-order valence-electron chi connectivity index (χ3n) is 3.73. The molecule has 1 amide bonds. The summed E-state index contributed by atoms with van der Waals surface area (Å²) in [6, 6.07) is 4.54. The molecule has 0 aliphatic heterocycles. The molecule has 0 aromatic carbocycles. The Morgan fingerprint density at radius 3 is 2.68 bits per heavy atom. The Labute approximate surface area is 127 Å². The van der Waals surface area contributed by atoms with E-state index in [1.807, 2.05) is 0 Å². The number of rotatable bonds is 4. The minimum absolute atomic E-state index is 0.0134. The predicted octanol–water partition coefficient (Wildman–Crippen LogP) is 3.39. The van der Waals surface area contributed by atoms with Crippen LogP contribution in [0.25, 0.3) is 0 Å². The molecule has 2 heterocycles. The van der Waals surface area contributed by atoms with Gasteiger partial charge in [0.05, 0.1) is 18.6 Å². The molecule has 5 nitrogen and oxygen atoms in total. The largest absolute Gasteiger partial charge is 0.454 e. The summed E-state index contributed by atoms with van der Waals surface area (Å²) in [5.41, 5.74) is 0.0809. The topological polar surface area (TPSA) is 64.1 Å². The zero-order valence-electron chi connectivity index (χ0n) is 12.3. The number of carbonyl (C=O) groups is 1. The highest BCUT2D eigenvalue weighted by Gasteiger charge is 2.50. The van der Waals surface area contributed by atoms with Crippen LogP contribution >= 0.6 is 0 Å². The molecule has 2 aromatic heterocycles. The van der Waals surface area contributed by atoms with Crippen LogP contribution in [0.1, 0.15) is 20.3 Å². The maximum Gasteiger partial charge on any atom is 0.229 e. The lowest BCUT2D eigenvalue weighted by molar-refractivity contribution is -0.118.